The summed E-state index contributed by atoms with van der Waals surface area (Å²) >= 11 is 0. The molecule has 0 spiro atoms. The molecule has 8 aromatic carbocycles. The van der Waals surface area contributed by atoms with Crippen LogP contribution in [0.5, 0.6) is 0 Å². The van der Waals surface area contributed by atoms with E-state index in [0.29, 0.717) is 34.9 Å². The van der Waals surface area contributed by atoms with Crippen LogP contribution in [0.1, 0.15) is 0 Å². The molecule has 7 nitrogen and oxygen atoms in total. The fourth-order valence-electron chi connectivity index (χ4n) is 7.77. The molecule has 11 aromatic rings. The Balaban J connectivity index is 1.21. The molecule has 7 heteroatoms. The number of nitrogens with zero attached hydrogens (tertiary/aromatic N) is 7. The molecule has 0 fully saturated rings. The van der Waals surface area contributed by atoms with Crippen LogP contribution < -0.4 is 0 Å². The molecule has 0 aliphatic heterocycles. The van der Waals surface area contributed by atoms with Gasteiger partial charge in [-0.05, 0) is 41.1 Å². The molecular formula is C50H31N7. The molecule has 0 amide bonds. The lowest BCUT2D eigenvalue weighted by atomic mass is 10.0. The highest BCUT2D eigenvalue weighted by atomic mass is 15.1. The standard InChI is InChI=1S/C50H31N7/c1-5-15-34(16-6-1)45-51-46(35-17-7-2-8-18-35)54-49(53-45)38-29-39(50-55-47(36-19-9-3-10-20-36)52-48(56-50)37-21-11-4-12-22-37)31-40(30-38)57-41-25-13-23-32-27-28-33-24-14-26-42(57)44(33)43(32)41/h1-31H. The number of hydrogen-bond donors (Lipinski definition) is 0. The second-order valence-electron chi connectivity index (χ2n) is 14.0. The summed E-state index contributed by atoms with van der Waals surface area (Å²) in [5.74, 6) is 3.44. The van der Waals surface area contributed by atoms with Crippen LogP contribution in [0.3, 0.4) is 0 Å². The zero-order chi connectivity index (χ0) is 37.7. The Morgan fingerprint density at radius 3 is 0.912 bits per heavy atom. The van der Waals surface area contributed by atoms with Crippen LogP contribution in [0.25, 0.3) is 107 Å². The third-order valence-electron chi connectivity index (χ3n) is 10.4. The molecule has 0 saturated heterocycles. The van der Waals surface area contributed by atoms with E-state index < -0.39 is 0 Å². The van der Waals surface area contributed by atoms with E-state index in [-0.39, 0.29) is 0 Å². The van der Waals surface area contributed by atoms with Gasteiger partial charge >= 0.3 is 0 Å². The summed E-state index contributed by atoms with van der Waals surface area (Å²) in [6, 6.07) is 64.1. The van der Waals surface area contributed by atoms with E-state index >= 15 is 0 Å². The molecule has 3 heterocycles. The fraction of sp³-hybridized carbons (Fsp3) is 0. The van der Waals surface area contributed by atoms with Gasteiger partial charge in [0.2, 0.25) is 0 Å². The maximum Gasteiger partial charge on any atom is 0.164 e. The normalized spacial score (nSPS) is 11.5. The number of rotatable bonds is 7. The molecule has 3 aromatic heterocycles. The molecule has 57 heavy (non-hydrogen) atoms. The molecule has 0 atom stereocenters. The predicted octanol–water partition coefficient (Wildman–Crippen LogP) is 11.7. The largest absolute Gasteiger partial charge is 0.309 e. The van der Waals surface area contributed by atoms with Gasteiger partial charge in [0.25, 0.3) is 0 Å². The van der Waals surface area contributed by atoms with Crippen LogP contribution in [-0.2, 0) is 0 Å². The molecule has 0 unspecified atom stereocenters. The Morgan fingerprint density at radius 1 is 0.263 bits per heavy atom. The van der Waals surface area contributed by atoms with Crippen molar-refractivity contribution < 1.29 is 0 Å². The van der Waals surface area contributed by atoms with Crippen molar-refractivity contribution >= 4 is 32.6 Å². The van der Waals surface area contributed by atoms with Crippen molar-refractivity contribution in [1.29, 1.82) is 0 Å². The van der Waals surface area contributed by atoms with Gasteiger partial charge in [0.1, 0.15) is 0 Å². The van der Waals surface area contributed by atoms with Crippen molar-refractivity contribution in [3.63, 3.8) is 0 Å². The Kier molecular flexibility index (Phi) is 7.67. The molecule has 0 bridgehead atoms. The number of benzene rings is 8. The SMILES string of the molecule is c1ccc(-c2nc(-c3ccccc3)nc(-c3cc(-c4nc(-c5ccccc5)nc(-c5ccccc5)n4)cc(-n4c5cccc6ccc7cccc4c7c65)c3)n2)cc1. The Hall–Kier alpha value is -7.90. The molecule has 11 rings (SSSR count). The van der Waals surface area contributed by atoms with E-state index in [1.807, 2.05) is 121 Å². The van der Waals surface area contributed by atoms with E-state index in [0.717, 1.165) is 50.1 Å². The van der Waals surface area contributed by atoms with Crippen LogP contribution in [-0.4, -0.2) is 34.5 Å². The summed E-state index contributed by atoms with van der Waals surface area (Å²) < 4.78 is 2.34. The highest BCUT2D eigenvalue weighted by Gasteiger charge is 2.21. The first kappa shape index (κ1) is 32.5. The van der Waals surface area contributed by atoms with Crippen LogP contribution in [0.2, 0.25) is 0 Å². The fourth-order valence-corrected chi connectivity index (χ4v) is 7.77. The van der Waals surface area contributed by atoms with Gasteiger partial charge in [-0.25, -0.2) is 29.9 Å². The smallest absolute Gasteiger partial charge is 0.164 e. The molecule has 0 saturated carbocycles. The summed E-state index contributed by atoms with van der Waals surface area (Å²) in [6.45, 7) is 0. The highest BCUT2D eigenvalue weighted by Crippen LogP contribution is 2.40. The first-order valence-electron chi connectivity index (χ1n) is 18.9. The van der Waals surface area contributed by atoms with E-state index in [1.54, 1.807) is 0 Å². The minimum absolute atomic E-state index is 0.541. The van der Waals surface area contributed by atoms with Crippen LogP contribution >= 0.6 is 0 Å². The Labute approximate surface area is 328 Å². The Morgan fingerprint density at radius 2 is 0.579 bits per heavy atom. The second-order valence-corrected chi connectivity index (χ2v) is 14.0. The average Bonchev–Trinajstić information content (AvgIpc) is 3.65. The first-order valence-corrected chi connectivity index (χ1v) is 18.9. The van der Waals surface area contributed by atoms with Crippen LogP contribution in [0.15, 0.2) is 188 Å². The lowest BCUT2D eigenvalue weighted by Gasteiger charge is -2.15. The predicted molar refractivity (Wildman–Crippen MR) is 229 cm³/mol. The van der Waals surface area contributed by atoms with Crippen molar-refractivity contribution in [3.05, 3.63) is 188 Å². The zero-order valence-corrected chi connectivity index (χ0v) is 30.5. The van der Waals surface area contributed by atoms with Gasteiger partial charge in [0.05, 0.1) is 11.0 Å². The average molecular weight is 730 g/mol. The summed E-state index contributed by atoms with van der Waals surface area (Å²) in [4.78, 5) is 30.6. The molecule has 0 aliphatic rings. The third kappa shape index (κ3) is 5.77. The van der Waals surface area contributed by atoms with Gasteiger partial charge < -0.3 is 4.57 Å². The van der Waals surface area contributed by atoms with E-state index in [2.05, 4.69) is 71.3 Å². The van der Waals surface area contributed by atoms with Crippen molar-refractivity contribution in [1.82, 2.24) is 34.5 Å². The van der Waals surface area contributed by atoms with Crippen molar-refractivity contribution in [2.75, 3.05) is 0 Å². The van der Waals surface area contributed by atoms with Crippen molar-refractivity contribution in [2.24, 2.45) is 0 Å². The minimum atomic E-state index is 0.541. The monoisotopic (exact) mass is 729 g/mol. The van der Waals surface area contributed by atoms with Crippen molar-refractivity contribution in [2.45, 2.75) is 0 Å². The maximum absolute atomic E-state index is 5.16. The second kappa shape index (κ2) is 13.4. The topological polar surface area (TPSA) is 82.3 Å². The lowest BCUT2D eigenvalue weighted by Crippen LogP contribution is -2.03. The van der Waals surface area contributed by atoms with Gasteiger partial charge in [0, 0.05) is 49.8 Å². The van der Waals surface area contributed by atoms with Gasteiger partial charge in [-0.15, -0.1) is 0 Å². The summed E-state index contributed by atoms with van der Waals surface area (Å²) in [5, 5.41) is 4.85. The molecular weight excluding hydrogens is 699 g/mol. The molecule has 0 radical (unpaired) electrons. The lowest BCUT2D eigenvalue weighted by molar-refractivity contribution is 1.06. The van der Waals surface area contributed by atoms with Crippen LogP contribution in [0.4, 0.5) is 0 Å². The molecule has 266 valence electrons. The summed E-state index contributed by atoms with van der Waals surface area (Å²) in [5.41, 5.74) is 8.37. The molecule has 0 aliphatic carbocycles. The van der Waals surface area contributed by atoms with E-state index in [1.165, 1.54) is 21.5 Å². The van der Waals surface area contributed by atoms with Gasteiger partial charge in [0.15, 0.2) is 34.9 Å². The van der Waals surface area contributed by atoms with Gasteiger partial charge in [-0.3, -0.25) is 0 Å². The Bertz CT molecular complexity index is 2890. The summed E-state index contributed by atoms with van der Waals surface area (Å²) in [6.07, 6.45) is 0. The van der Waals surface area contributed by atoms with Crippen LogP contribution in [0, 0.1) is 0 Å². The molecule has 0 N–H and O–H groups in total. The third-order valence-corrected chi connectivity index (χ3v) is 10.4. The van der Waals surface area contributed by atoms with Gasteiger partial charge in [-0.1, -0.05) is 158 Å². The maximum atomic E-state index is 5.16. The zero-order valence-electron chi connectivity index (χ0n) is 30.5. The van der Waals surface area contributed by atoms with E-state index in [4.69, 9.17) is 29.9 Å². The highest BCUT2D eigenvalue weighted by molar-refractivity contribution is 6.24. The minimum Gasteiger partial charge on any atom is -0.309 e. The van der Waals surface area contributed by atoms with Gasteiger partial charge in [-0.2, -0.15) is 0 Å². The first-order chi connectivity index (χ1) is 28.2. The number of aromatic nitrogens is 7. The van der Waals surface area contributed by atoms with E-state index in [9.17, 15) is 0 Å². The summed E-state index contributed by atoms with van der Waals surface area (Å²) in [7, 11) is 0. The van der Waals surface area contributed by atoms with Crippen molar-refractivity contribution in [3.8, 4) is 74.0 Å². The number of hydrogen-bond acceptors (Lipinski definition) is 6. The quantitative estimate of drug-likeness (QED) is 0.152.